The van der Waals surface area contributed by atoms with Crippen molar-refractivity contribution in [1.82, 2.24) is 14.6 Å². The number of fused-ring (bicyclic) bond motifs is 1. The minimum Gasteiger partial charge on any atom is -0.481 e. The Morgan fingerprint density at radius 3 is 3.00 bits per heavy atom. The Bertz CT molecular complexity index is 524. The number of aryl methyl sites for hydroxylation is 1. The zero-order valence-electron chi connectivity index (χ0n) is 8.43. The van der Waals surface area contributed by atoms with Crippen LogP contribution in [-0.4, -0.2) is 25.7 Å². The van der Waals surface area contributed by atoms with E-state index in [-0.39, 0.29) is 6.42 Å². The van der Waals surface area contributed by atoms with Crippen molar-refractivity contribution in [2.75, 3.05) is 0 Å². The van der Waals surface area contributed by atoms with Crippen molar-refractivity contribution in [1.29, 1.82) is 0 Å². The highest BCUT2D eigenvalue weighted by Gasteiger charge is 2.06. The molecule has 6 heteroatoms. The first kappa shape index (κ1) is 11.1. The highest BCUT2D eigenvalue weighted by Crippen LogP contribution is 2.13. The molecule has 2 aromatic heterocycles. The number of hydrogen-bond donors (Lipinski definition) is 1. The van der Waals surface area contributed by atoms with Crippen LogP contribution in [0, 0.1) is 0 Å². The molecular formula is C10H10BrN3O2. The van der Waals surface area contributed by atoms with E-state index in [9.17, 15) is 4.79 Å². The van der Waals surface area contributed by atoms with Gasteiger partial charge in [-0.25, -0.2) is 0 Å². The topological polar surface area (TPSA) is 67.5 Å². The summed E-state index contributed by atoms with van der Waals surface area (Å²) in [6.07, 6.45) is 3.22. The first-order valence-corrected chi connectivity index (χ1v) is 5.67. The lowest BCUT2D eigenvalue weighted by Gasteiger charge is -1.99. The number of nitrogens with zero attached hydrogens (tertiary/aromatic N) is 3. The predicted molar refractivity (Wildman–Crippen MR) is 61.3 cm³/mol. The Hall–Kier alpha value is -1.43. The fourth-order valence-electron chi connectivity index (χ4n) is 1.48. The molecular weight excluding hydrogens is 274 g/mol. The Labute approximate surface area is 100 Å². The molecule has 0 aliphatic carbocycles. The third-order valence-electron chi connectivity index (χ3n) is 2.23. The second-order valence-corrected chi connectivity index (χ2v) is 4.35. The van der Waals surface area contributed by atoms with Crippen molar-refractivity contribution < 1.29 is 9.90 Å². The van der Waals surface area contributed by atoms with E-state index in [0.717, 1.165) is 15.9 Å². The van der Waals surface area contributed by atoms with Crippen LogP contribution in [-0.2, 0) is 11.2 Å². The van der Waals surface area contributed by atoms with Gasteiger partial charge in [-0.15, -0.1) is 10.2 Å². The molecule has 16 heavy (non-hydrogen) atoms. The van der Waals surface area contributed by atoms with E-state index in [1.807, 2.05) is 22.7 Å². The predicted octanol–water partition coefficient (Wildman–Crippen LogP) is 1.90. The van der Waals surface area contributed by atoms with Crippen molar-refractivity contribution in [3.8, 4) is 0 Å². The van der Waals surface area contributed by atoms with Crippen molar-refractivity contribution >= 4 is 27.5 Å². The third kappa shape index (κ3) is 2.38. The van der Waals surface area contributed by atoms with Crippen LogP contribution in [0.5, 0.6) is 0 Å². The van der Waals surface area contributed by atoms with Gasteiger partial charge in [0.25, 0.3) is 0 Å². The normalized spacial score (nSPS) is 10.8. The number of halogens is 1. The molecule has 0 aromatic carbocycles. The number of carbonyl (C=O) groups is 1. The summed E-state index contributed by atoms with van der Waals surface area (Å²) in [5.41, 5.74) is 0.772. The van der Waals surface area contributed by atoms with E-state index in [2.05, 4.69) is 26.1 Å². The number of aromatic nitrogens is 3. The molecule has 0 atom stereocenters. The number of rotatable bonds is 4. The van der Waals surface area contributed by atoms with Gasteiger partial charge in [0.1, 0.15) is 5.82 Å². The summed E-state index contributed by atoms with van der Waals surface area (Å²) >= 11 is 3.37. The zero-order chi connectivity index (χ0) is 11.5. The molecule has 1 N–H and O–H groups in total. The van der Waals surface area contributed by atoms with Gasteiger partial charge in [-0.05, 0) is 34.5 Å². The molecule has 0 bridgehead atoms. The van der Waals surface area contributed by atoms with Crippen LogP contribution in [0.3, 0.4) is 0 Å². The van der Waals surface area contributed by atoms with Gasteiger partial charge in [0, 0.05) is 23.5 Å². The molecule has 0 radical (unpaired) electrons. The molecule has 0 aliphatic heterocycles. The van der Waals surface area contributed by atoms with Crippen LogP contribution in [0.1, 0.15) is 18.7 Å². The highest BCUT2D eigenvalue weighted by molar-refractivity contribution is 9.10. The summed E-state index contributed by atoms with van der Waals surface area (Å²) in [4.78, 5) is 10.4. The number of carboxylic acids is 1. The van der Waals surface area contributed by atoms with Crippen molar-refractivity contribution in [2.24, 2.45) is 0 Å². The summed E-state index contributed by atoms with van der Waals surface area (Å²) in [5.74, 6) is 0.00699. The molecule has 2 rings (SSSR count). The third-order valence-corrected chi connectivity index (χ3v) is 2.70. The van der Waals surface area contributed by atoms with E-state index in [4.69, 9.17) is 5.11 Å². The maximum absolute atomic E-state index is 10.4. The van der Waals surface area contributed by atoms with Gasteiger partial charge in [0.05, 0.1) is 0 Å². The van der Waals surface area contributed by atoms with Crippen LogP contribution >= 0.6 is 15.9 Å². The van der Waals surface area contributed by atoms with Gasteiger partial charge in [0.2, 0.25) is 0 Å². The second kappa shape index (κ2) is 4.61. The fourth-order valence-corrected chi connectivity index (χ4v) is 1.82. The summed E-state index contributed by atoms with van der Waals surface area (Å²) in [5, 5.41) is 16.6. The second-order valence-electron chi connectivity index (χ2n) is 3.44. The van der Waals surface area contributed by atoms with Crippen LogP contribution in [0.4, 0.5) is 0 Å². The number of pyridine rings is 1. The molecule has 5 nitrogen and oxygen atoms in total. The number of hydrogen-bond acceptors (Lipinski definition) is 3. The summed E-state index contributed by atoms with van der Waals surface area (Å²) in [6.45, 7) is 0. The van der Waals surface area contributed by atoms with E-state index in [1.54, 1.807) is 0 Å². The maximum atomic E-state index is 10.4. The van der Waals surface area contributed by atoms with Gasteiger partial charge >= 0.3 is 5.97 Å². The molecule has 0 aliphatic rings. The quantitative estimate of drug-likeness (QED) is 0.931. The molecule has 0 fully saturated rings. The molecule has 2 heterocycles. The van der Waals surface area contributed by atoms with Crippen LogP contribution in [0.2, 0.25) is 0 Å². The lowest BCUT2D eigenvalue weighted by atomic mass is 10.2. The summed E-state index contributed by atoms with van der Waals surface area (Å²) < 4.78 is 2.81. The average Bonchev–Trinajstić information content (AvgIpc) is 2.60. The standard InChI is InChI=1S/C10H10BrN3O2/c11-7-4-5-9-13-12-8(14(9)6-7)2-1-3-10(15)16/h4-6H,1-3H2,(H,15,16). The van der Waals surface area contributed by atoms with Crippen LogP contribution in [0.15, 0.2) is 22.8 Å². The van der Waals surface area contributed by atoms with E-state index >= 15 is 0 Å². The van der Waals surface area contributed by atoms with Gasteiger partial charge in [-0.3, -0.25) is 9.20 Å². The lowest BCUT2D eigenvalue weighted by Crippen LogP contribution is -1.99. The largest absolute Gasteiger partial charge is 0.481 e. The summed E-state index contributed by atoms with van der Waals surface area (Å²) in [7, 11) is 0. The molecule has 0 spiro atoms. The van der Waals surface area contributed by atoms with E-state index in [1.165, 1.54) is 0 Å². The van der Waals surface area contributed by atoms with E-state index < -0.39 is 5.97 Å². The Morgan fingerprint density at radius 2 is 2.25 bits per heavy atom. The van der Waals surface area contributed by atoms with Crippen molar-refractivity contribution in [3.05, 3.63) is 28.6 Å². The minimum atomic E-state index is -0.782. The fraction of sp³-hybridized carbons (Fsp3) is 0.300. The molecule has 0 saturated heterocycles. The lowest BCUT2D eigenvalue weighted by molar-refractivity contribution is -0.137. The van der Waals surface area contributed by atoms with Crippen molar-refractivity contribution in [3.63, 3.8) is 0 Å². The smallest absolute Gasteiger partial charge is 0.303 e. The molecule has 0 unspecified atom stereocenters. The Kier molecular flexibility index (Phi) is 3.19. The zero-order valence-corrected chi connectivity index (χ0v) is 10.0. The van der Waals surface area contributed by atoms with Gasteiger partial charge in [-0.2, -0.15) is 0 Å². The number of aliphatic carboxylic acids is 1. The van der Waals surface area contributed by atoms with Gasteiger partial charge in [0.15, 0.2) is 5.65 Å². The Balaban J connectivity index is 2.17. The Morgan fingerprint density at radius 1 is 1.44 bits per heavy atom. The molecule has 84 valence electrons. The first-order chi connectivity index (χ1) is 7.66. The summed E-state index contributed by atoms with van der Waals surface area (Å²) in [6, 6.07) is 3.75. The van der Waals surface area contributed by atoms with Crippen molar-refractivity contribution in [2.45, 2.75) is 19.3 Å². The molecule has 0 amide bonds. The SMILES string of the molecule is O=C(O)CCCc1nnc2ccc(Br)cn12. The first-order valence-electron chi connectivity index (χ1n) is 4.88. The molecule has 0 saturated carbocycles. The minimum absolute atomic E-state index is 0.156. The van der Waals surface area contributed by atoms with Gasteiger partial charge < -0.3 is 5.11 Å². The monoisotopic (exact) mass is 283 g/mol. The average molecular weight is 284 g/mol. The maximum Gasteiger partial charge on any atom is 0.303 e. The van der Waals surface area contributed by atoms with Crippen LogP contribution in [0.25, 0.3) is 5.65 Å². The highest BCUT2D eigenvalue weighted by atomic mass is 79.9. The number of carboxylic acid groups (broad SMARTS) is 1. The molecule has 2 aromatic rings. The van der Waals surface area contributed by atoms with Gasteiger partial charge in [-0.1, -0.05) is 0 Å². The van der Waals surface area contributed by atoms with Crippen LogP contribution < -0.4 is 0 Å². The van der Waals surface area contributed by atoms with E-state index in [0.29, 0.717) is 12.8 Å².